The van der Waals surface area contributed by atoms with E-state index < -0.39 is 11.9 Å². The zero-order valence-electron chi connectivity index (χ0n) is 14.3. The standard InChI is InChI=1S/C18H20N2O5/c1-4-15-14(18(23)24)9-16(25-15)17(22)19-10(2)12-6-5-7-13(8-12)20-11(3)21/h5-10H,4H2,1-3H3,(H,19,22)(H,20,21)(H,23,24). The molecule has 7 nitrogen and oxygen atoms in total. The molecule has 0 aliphatic carbocycles. The van der Waals surface area contributed by atoms with Gasteiger partial charge in [-0.1, -0.05) is 19.1 Å². The quantitative estimate of drug-likeness (QED) is 0.746. The van der Waals surface area contributed by atoms with Gasteiger partial charge in [0, 0.05) is 25.1 Å². The summed E-state index contributed by atoms with van der Waals surface area (Å²) in [7, 11) is 0. The van der Waals surface area contributed by atoms with E-state index in [4.69, 9.17) is 9.52 Å². The summed E-state index contributed by atoms with van der Waals surface area (Å²) in [5, 5.41) is 14.6. The van der Waals surface area contributed by atoms with Crippen LogP contribution in [-0.2, 0) is 11.2 Å². The van der Waals surface area contributed by atoms with Gasteiger partial charge in [0.1, 0.15) is 11.3 Å². The second-order valence-electron chi connectivity index (χ2n) is 5.61. The maximum absolute atomic E-state index is 12.3. The number of aromatic carboxylic acids is 1. The lowest BCUT2D eigenvalue weighted by Crippen LogP contribution is -2.26. The number of amides is 2. The van der Waals surface area contributed by atoms with Crippen LogP contribution in [0.2, 0.25) is 0 Å². The predicted octanol–water partition coefficient (Wildman–Crippen LogP) is 2.99. The molecule has 2 rings (SSSR count). The number of benzene rings is 1. The molecule has 132 valence electrons. The highest BCUT2D eigenvalue weighted by molar-refractivity contribution is 5.96. The van der Waals surface area contributed by atoms with Gasteiger partial charge in [-0.2, -0.15) is 0 Å². The maximum atomic E-state index is 12.3. The number of carboxylic acids is 1. The number of nitrogens with one attached hydrogen (secondary N) is 2. The Bertz CT molecular complexity index is 810. The number of hydrogen-bond donors (Lipinski definition) is 3. The number of aryl methyl sites for hydroxylation is 1. The molecule has 0 aliphatic heterocycles. The van der Waals surface area contributed by atoms with Crippen LogP contribution in [0, 0.1) is 0 Å². The number of furan rings is 1. The summed E-state index contributed by atoms with van der Waals surface area (Å²) < 4.78 is 5.35. The van der Waals surface area contributed by atoms with E-state index in [0.29, 0.717) is 12.1 Å². The highest BCUT2D eigenvalue weighted by Crippen LogP contribution is 2.20. The first-order valence-electron chi connectivity index (χ1n) is 7.86. The third-order valence-corrected chi connectivity index (χ3v) is 3.64. The molecule has 2 aromatic rings. The molecule has 0 spiro atoms. The molecule has 1 aromatic carbocycles. The summed E-state index contributed by atoms with van der Waals surface area (Å²) >= 11 is 0. The van der Waals surface area contributed by atoms with E-state index in [2.05, 4.69) is 10.6 Å². The van der Waals surface area contributed by atoms with Gasteiger partial charge in [0.25, 0.3) is 5.91 Å². The third-order valence-electron chi connectivity index (χ3n) is 3.64. The van der Waals surface area contributed by atoms with E-state index >= 15 is 0 Å². The molecule has 1 aromatic heterocycles. The molecule has 1 atom stereocenters. The number of carboxylic acid groups (broad SMARTS) is 1. The summed E-state index contributed by atoms with van der Waals surface area (Å²) in [5.74, 6) is -1.59. The molecule has 0 bridgehead atoms. The molecule has 2 amide bonds. The number of anilines is 1. The van der Waals surface area contributed by atoms with Gasteiger partial charge >= 0.3 is 5.97 Å². The first kappa shape index (κ1) is 18.3. The third kappa shape index (κ3) is 4.47. The minimum absolute atomic E-state index is 0.00652. The van der Waals surface area contributed by atoms with Crippen molar-refractivity contribution < 1.29 is 23.9 Å². The second kappa shape index (κ2) is 7.65. The smallest absolute Gasteiger partial charge is 0.339 e. The normalized spacial score (nSPS) is 11.6. The Hall–Kier alpha value is -3.09. The summed E-state index contributed by atoms with van der Waals surface area (Å²) in [5.41, 5.74) is 1.42. The Kier molecular flexibility index (Phi) is 5.59. The summed E-state index contributed by atoms with van der Waals surface area (Å²) in [6, 6.07) is 7.97. The van der Waals surface area contributed by atoms with Crippen LogP contribution in [0.1, 0.15) is 59.0 Å². The van der Waals surface area contributed by atoms with Gasteiger partial charge in [-0.25, -0.2) is 4.79 Å². The van der Waals surface area contributed by atoms with Gasteiger partial charge in [-0.3, -0.25) is 9.59 Å². The van der Waals surface area contributed by atoms with Gasteiger partial charge in [-0.05, 0) is 24.6 Å². The summed E-state index contributed by atoms with van der Waals surface area (Å²) in [6.45, 7) is 4.95. The van der Waals surface area contributed by atoms with Gasteiger partial charge in [0.2, 0.25) is 5.91 Å². The van der Waals surface area contributed by atoms with E-state index in [9.17, 15) is 14.4 Å². The number of hydrogen-bond acceptors (Lipinski definition) is 4. The predicted molar refractivity (Wildman–Crippen MR) is 91.7 cm³/mol. The van der Waals surface area contributed by atoms with E-state index in [1.54, 1.807) is 32.0 Å². The molecule has 1 heterocycles. The molecule has 3 N–H and O–H groups in total. The van der Waals surface area contributed by atoms with Crippen LogP contribution in [0.4, 0.5) is 5.69 Å². The van der Waals surface area contributed by atoms with Gasteiger partial charge in [-0.15, -0.1) is 0 Å². The highest BCUT2D eigenvalue weighted by Gasteiger charge is 2.21. The summed E-state index contributed by atoms with van der Waals surface area (Å²) in [6.07, 6.45) is 0.378. The van der Waals surface area contributed by atoms with Gasteiger partial charge < -0.3 is 20.2 Å². The lowest BCUT2D eigenvalue weighted by molar-refractivity contribution is -0.114. The first-order valence-corrected chi connectivity index (χ1v) is 7.86. The van der Waals surface area contributed by atoms with Crippen LogP contribution in [0.5, 0.6) is 0 Å². The monoisotopic (exact) mass is 344 g/mol. The van der Waals surface area contributed by atoms with Gasteiger partial charge in [0.15, 0.2) is 5.76 Å². The molecule has 0 saturated carbocycles. The average Bonchev–Trinajstić information content (AvgIpc) is 2.99. The van der Waals surface area contributed by atoms with Gasteiger partial charge in [0.05, 0.1) is 6.04 Å². The van der Waals surface area contributed by atoms with Crippen molar-refractivity contribution in [2.75, 3.05) is 5.32 Å². The minimum Gasteiger partial charge on any atom is -0.478 e. The Labute approximate surface area is 145 Å². The fraction of sp³-hybridized carbons (Fsp3) is 0.278. The number of rotatable bonds is 6. The van der Waals surface area contributed by atoms with Crippen LogP contribution >= 0.6 is 0 Å². The number of carbonyl (C=O) groups excluding carboxylic acids is 2. The van der Waals surface area contributed by atoms with Crippen molar-refractivity contribution in [2.45, 2.75) is 33.2 Å². The van der Waals surface area contributed by atoms with Crippen molar-refractivity contribution in [1.29, 1.82) is 0 Å². The van der Waals surface area contributed by atoms with E-state index in [1.165, 1.54) is 13.0 Å². The molecule has 1 unspecified atom stereocenters. The zero-order chi connectivity index (χ0) is 18.6. The van der Waals surface area contributed by atoms with E-state index in [1.807, 2.05) is 6.07 Å². The number of carbonyl (C=O) groups is 3. The Morgan fingerprint density at radius 1 is 1.24 bits per heavy atom. The molecule has 0 radical (unpaired) electrons. The van der Waals surface area contributed by atoms with Crippen LogP contribution < -0.4 is 10.6 Å². The fourth-order valence-electron chi connectivity index (χ4n) is 2.42. The van der Waals surface area contributed by atoms with Crippen molar-refractivity contribution in [3.8, 4) is 0 Å². The molecular weight excluding hydrogens is 324 g/mol. The van der Waals surface area contributed by atoms with Crippen molar-refractivity contribution in [2.24, 2.45) is 0 Å². The van der Waals surface area contributed by atoms with Crippen LogP contribution in [0.15, 0.2) is 34.7 Å². The van der Waals surface area contributed by atoms with Crippen molar-refractivity contribution >= 4 is 23.5 Å². The van der Waals surface area contributed by atoms with Crippen molar-refractivity contribution in [1.82, 2.24) is 5.32 Å². The second-order valence-corrected chi connectivity index (χ2v) is 5.61. The maximum Gasteiger partial charge on any atom is 0.339 e. The fourth-order valence-corrected chi connectivity index (χ4v) is 2.42. The molecule has 0 fully saturated rings. The lowest BCUT2D eigenvalue weighted by Gasteiger charge is -2.14. The molecule has 25 heavy (non-hydrogen) atoms. The Morgan fingerprint density at radius 3 is 2.52 bits per heavy atom. The Morgan fingerprint density at radius 2 is 1.96 bits per heavy atom. The van der Waals surface area contributed by atoms with Crippen LogP contribution in [-0.4, -0.2) is 22.9 Å². The molecule has 7 heteroatoms. The van der Waals surface area contributed by atoms with Crippen molar-refractivity contribution in [3.05, 3.63) is 53.0 Å². The first-order chi connectivity index (χ1) is 11.8. The Balaban J connectivity index is 2.15. The summed E-state index contributed by atoms with van der Waals surface area (Å²) in [4.78, 5) is 34.6. The zero-order valence-corrected chi connectivity index (χ0v) is 14.3. The van der Waals surface area contributed by atoms with E-state index in [-0.39, 0.29) is 29.0 Å². The lowest BCUT2D eigenvalue weighted by atomic mass is 10.1. The average molecular weight is 344 g/mol. The minimum atomic E-state index is -1.13. The van der Waals surface area contributed by atoms with Crippen LogP contribution in [0.3, 0.4) is 0 Å². The molecule has 0 aliphatic rings. The molecule has 0 saturated heterocycles. The SMILES string of the molecule is CCc1oc(C(=O)NC(C)c2cccc(NC(C)=O)c2)cc1C(=O)O. The molecular formula is C18H20N2O5. The highest BCUT2D eigenvalue weighted by atomic mass is 16.4. The van der Waals surface area contributed by atoms with E-state index in [0.717, 1.165) is 5.56 Å². The van der Waals surface area contributed by atoms with Crippen molar-refractivity contribution in [3.63, 3.8) is 0 Å². The van der Waals surface area contributed by atoms with Crippen LogP contribution in [0.25, 0.3) is 0 Å². The topological polar surface area (TPSA) is 109 Å². The largest absolute Gasteiger partial charge is 0.478 e.